The van der Waals surface area contributed by atoms with E-state index in [0.29, 0.717) is 12.1 Å². The van der Waals surface area contributed by atoms with Gasteiger partial charge in [0, 0.05) is 17.3 Å². The van der Waals surface area contributed by atoms with E-state index in [1.807, 2.05) is 0 Å². The Balaban J connectivity index is 2.45. The molecule has 0 spiro atoms. The number of hydrogen-bond donors (Lipinski definition) is 0. The molecule has 0 radical (unpaired) electrons. The van der Waals surface area contributed by atoms with Crippen molar-refractivity contribution in [3.63, 3.8) is 0 Å². The van der Waals surface area contributed by atoms with Crippen LogP contribution >= 0.6 is 11.6 Å². The maximum atomic E-state index is 14.0. The molecule has 0 bridgehead atoms. The van der Waals surface area contributed by atoms with Crippen molar-refractivity contribution in [2.24, 2.45) is 0 Å². The summed E-state index contributed by atoms with van der Waals surface area (Å²) in [4.78, 5) is 15.1. The monoisotopic (exact) mass is 303 g/mol. The van der Waals surface area contributed by atoms with Gasteiger partial charge in [0.25, 0.3) is 0 Å². The molecule has 2 aromatic rings. The number of hydrogen-bond acceptors (Lipinski definition) is 2. The van der Waals surface area contributed by atoms with Gasteiger partial charge in [0.15, 0.2) is 0 Å². The third-order valence-electron chi connectivity index (χ3n) is 2.50. The fraction of sp³-hybridized carbons (Fsp3) is 0.0769. The van der Waals surface area contributed by atoms with E-state index in [-0.39, 0.29) is 5.02 Å². The van der Waals surface area contributed by atoms with Crippen LogP contribution in [0.1, 0.15) is 16.1 Å². The highest BCUT2D eigenvalue weighted by Crippen LogP contribution is 2.32. The summed E-state index contributed by atoms with van der Waals surface area (Å²) in [6, 6.07) is 3.79. The van der Waals surface area contributed by atoms with Gasteiger partial charge in [-0.05, 0) is 24.3 Å². The van der Waals surface area contributed by atoms with E-state index in [1.165, 1.54) is 6.07 Å². The number of nitrogens with zero attached hydrogens (tertiary/aromatic N) is 1. The first-order valence-corrected chi connectivity index (χ1v) is 5.70. The zero-order chi connectivity index (χ0) is 14.9. The summed E-state index contributed by atoms with van der Waals surface area (Å²) < 4.78 is 54.0. The number of carbonyl (C=O) groups excluding carboxylic acids is 1. The average Bonchev–Trinajstić information content (AvgIpc) is 2.38. The summed E-state index contributed by atoms with van der Waals surface area (Å²) in [6.07, 6.45) is 1.000. The zero-order valence-corrected chi connectivity index (χ0v) is 10.5. The van der Waals surface area contributed by atoms with Crippen molar-refractivity contribution in [2.45, 2.75) is 5.92 Å². The lowest BCUT2D eigenvalue weighted by Crippen LogP contribution is -2.28. The quantitative estimate of drug-likeness (QED) is 0.634. The highest BCUT2D eigenvalue weighted by molar-refractivity contribution is 6.30. The highest BCUT2D eigenvalue weighted by atomic mass is 35.5. The summed E-state index contributed by atoms with van der Waals surface area (Å²) in [5.41, 5.74) is -1.82. The molecule has 20 heavy (non-hydrogen) atoms. The van der Waals surface area contributed by atoms with E-state index in [0.717, 1.165) is 18.3 Å². The van der Waals surface area contributed by atoms with Crippen LogP contribution in [-0.2, 0) is 5.92 Å². The minimum atomic E-state index is -4.07. The van der Waals surface area contributed by atoms with Crippen LogP contribution in [0, 0.1) is 11.6 Å². The number of benzene rings is 1. The number of alkyl halides is 2. The lowest BCUT2D eigenvalue weighted by molar-refractivity contribution is 0.00427. The Morgan fingerprint density at radius 2 is 1.85 bits per heavy atom. The summed E-state index contributed by atoms with van der Waals surface area (Å²) in [5, 5.41) is -0.0398. The molecule has 2 nitrogen and oxygen atoms in total. The molecule has 104 valence electrons. The summed E-state index contributed by atoms with van der Waals surface area (Å²) >= 11 is 5.55. The lowest BCUT2D eigenvalue weighted by Gasteiger charge is -2.15. The predicted molar refractivity (Wildman–Crippen MR) is 63.8 cm³/mol. The van der Waals surface area contributed by atoms with Gasteiger partial charge in [-0.2, -0.15) is 8.78 Å². The lowest BCUT2D eigenvalue weighted by atomic mass is 10.0. The van der Waals surface area contributed by atoms with Crippen LogP contribution in [0.2, 0.25) is 5.02 Å². The van der Waals surface area contributed by atoms with Crippen LogP contribution in [0.3, 0.4) is 0 Å². The Labute approximate surface area is 116 Å². The maximum absolute atomic E-state index is 14.0. The summed E-state index contributed by atoms with van der Waals surface area (Å²) in [6.45, 7) is 0. The molecule has 7 heteroatoms. The third kappa shape index (κ3) is 2.65. The van der Waals surface area contributed by atoms with Crippen molar-refractivity contribution < 1.29 is 22.4 Å². The van der Waals surface area contributed by atoms with E-state index in [9.17, 15) is 22.4 Å². The number of carbonyl (C=O) groups is 1. The SMILES string of the molecule is O=C(c1ccc(F)cc1F)C(F)(F)c1cc(Cl)ccn1. The van der Waals surface area contributed by atoms with E-state index in [4.69, 9.17) is 11.6 Å². The molecule has 0 saturated carbocycles. The van der Waals surface area contributed by atoms with E-state index in [2.05, 4.69) is 4.98 Å². The molecular formula is C13H6ClF4NO. The van der Waals surface area contributed by atoms with Crippen LogP contribution in [0.15, 0.2) is 36.5 Å². The van der Waals surface area contributed by atoms with Crippen molar-refractivity contribution in [1.82, 2.24) is 4.98 Å². The van der Waals surface area contributed by atoms with E-state index >= 15 is 0 Å². The molecule has 0 amide bonds. The average molecular weight is 304 g/mol. The number of Topliss-reactive ketones (excluding diaryl/α,β-unsaturated/α-hetero) is 1. The van der Waals surface area contributed by atoms with Gasteiger partial charge in [-0.1, -0.05) is 11.6 Å². The van der Waals surface area contributed by atoms with Crippen LogP contribution in [0.25, 0.3) is 0 Å². The second-order valence-electron chi connectivity index (χ2n) is 3.89. The van der Waals surface area contributed by atoms with Crippen molar-refractivity contribution in [2.75, 3.05) is 0 Å². The topological polar surface area (TPSA) is 30.0 Å². The van der Waals surface area contributed by atoms with Gasteiger partial charge in [-0.3, -0.25) is 9.78 Å². The highest BCUT2D eigenvalue weighted by Gasteiger charge is 2.44. The minimum absolute atomic E-state index is 0.0398. The smallest absolute Gasteiger partial charge is 0.287 e. The number of rotatable bonds is 3. The predicted octanol–water partition coefficient (Wildman–Crippen LogP) is 3.99. The number of aromatic nitrogens is 1. The summed E-state index contributed by atoms with van der Waals surface area (Å²) in [5.74, 6) is -8.21. The molecule has 0 saturated heterocycles. The largest absolute Gasteiger partial charge is 0.351 e. The molecule has 1 aromatic heterocycles. The van der Waals surface area contributed by atoms with Gasteiger partial charge in [-0.25, -0.2) is 8.78 Å². The number of ketones is 1. The zero-order valence-electron chi connectivity index (χ0n) is 9.71. The molecule has 0 aliphatic rings. The molecule has 0 N–H and O–H groups in total. The van der Waals surface area contributed by atoms with Gasteiger partial charge in [-0.15, -0.1) is 0 Å². The first-order chi connectivity index (χ1) is 9.32. The summed E-state index contributed by atoms with van der Waals surface area (Å²) in [7, 11) is 0. The van der Waals surface area contributed by atoms with Crippen molar-refractivity contribution >= 4 is 17.4 Å². The fourth-order valence-corrected chi connectivity index (χ4v) is 1.70. The first kappa shape index (κ1) is 14.5. The molecule has 1 aromatic carbocycles. The number of halogens is 5. The van der Waals surface area contributed by atoms with Gasteiger partial charge < -0.3 is 0 Å². The van der Waals surface area contributed by atoms with Crippen molar-refractivity contribution in [3.8, 4) is 0 Å². The Hall–Kier alpha value is -1.95. The van der Waals surface area contributed by atoms with Crippen LogP contribution in [0.5, 0.6) is 0 Å². The number of pyridine rings is 1. The second-order valence-corrected chi connectivity index (χ2v) is 4.32. The van der Waals surface area contributed by atoms with Crippen LogP contribution < -0.4 is 0 Å². The minimum Gasteiger partial charge on any atom is -0.287 e. The van der Waals surface area contributed by atoms with Gasteiger partial charge in [0.1, 0.15) is 17.3 Å². The van der Waals surface area contributed by atoms with Crippen LogP contribution in [-0.4, -0.2) is 10.8 Å². The first-order valence-electron chi connectivity index (χ1n) is 5.32. The van der Waals surface area contributed by atoms with Gasteiger partial charge in [0.2, 0.25) is 5.78 Å². The van der Waals surface area contributed by atoms with Gasteiger partial charge in [0.05, 0.1) is 5.56 Å². The molecule has 0 aliphatic heterocycles. The van der Waals surface area contributed by atoms with Crippen molar-refractivity contribution in [3.05, 3.63) is 64.4 Å². The molecule has 0 fully saturated rings. The third-order valence-corrected chi connectivity index (χ3v) is 2.74. The maximum Gasteiger partial charge on any atom is 0.351 e. The Morgan fingerprint density at radius 3 is 2.45 bits per heavy atom. The molecule has 0 aliphatic carbocycles. The van der Waals surface area contributed by atoms with Gasteiger partial charge >= 0.3 is 5.92 Å². The Morgan fingerprint density at radius 1 is 1.15 bits per heavy atom. The Bertz CT molecular complexity index is 675. The van der Waals surface area contributed by atoms with Crippen molar-refractivity contribution in [1.29, 1.82) is 0 Å². The normalized spacial score (nSPS) is 11.4. The molecule has 0 unspecified atom stereocenters. The molecule has 1 heterocycles. The fourth-order valence-electron chi connectivity index (χ4n) is 1.54. The van der Waals surface area contributed by atoms with E-state index in [1.54, 1.807) is 0 Å². The molecule has 2 rings (SSSR count). The molecule has 0 atom stereocenters. The second kappa shape index (κ2) is 5.20. The Kier molecular flexibility index (Phi) is 3.76. The molecular weight excluding hydrogens is 298 g/mol. The van der Waals surface area contributed by atoms with E-state index < -0.39 is 34.6 Å². The standard InChI is InChI=1S/C13H6ClF4NO/c14-7-3-4-19-11(5-7)13(17,18)12(20)9-2-1-8(15)6-10(9)16/h1-6H. The van der Waals surface area contributed by atoms with Crippen LogP contribution in [0.4, 0.5) is 17.6 Å².